The lowest BCUT2D eigenvalue weighted by atomic mass is 10.1. The third-order valence-corrected chi connectivity index (χ3v) is 2.88. The van der Waals surface area contributed by atoms with E-state index in [0.717, 1.165) is 6.54 Å². The van der Waals surface area contributed by atoms with Crippen molar-refractivity contribution in [1.29, 1.82) is 0 Å². The zero-order valence-electron chi connectivity index (χ0n) is 10.1. The number of methoxy groups -OCH3 is 1. The van der Waals surface area contributed by atoms with Gasteiger partial charge in [-0.3, -0.25) is 4.79 Å². The fourth-order valence-electron chi connectivity index (χ4n) is 2.05. The fraction of sp³-hybridized carbons (Fsp3) is 0.909. The standard InChI is InChI=1S/C11H22N2O3/c1-9-7-13(11(15)3-5-12-9)10(4-6-14)8-16-2/h9-10,12,14H,3-8H2,1-2H3/t9-,10+/m0/s1. The molecule has 1 aliphatic rings. The lowest BCUT2D eigenvalue weighted by molar-refractivity contribution is -0.134. The molecule has 0 aromatic rings. The van der Waals surface area contributed by atoms with Crippen molar-refractivity contribution in [3.8, 4) is 0 Å². The number of carbonyl (C=O) groups is 1. The van der Waals surface area contributed by atoms with Crippen LogP contribution < -0.4 is 5.32 Å². The summed E-state index contributed by atoms with van der Waals surface area (Å²) in [5.41, 5.74) is 0. The van der Waals surface area contributed by atoms with E-state index in [9.17, 15) is 4.79 Å². The highest BCUT2D eigenvalue weighted by molar-refractivity contribution is 5.77. The van der Waals surface area contributed by atoms with E-state index in [-0.39, 0.29) is 18.6 Å². The van der Waals surface area contributed by atoms with E-state index in [0.29, 0.717) is 32.0 Å². The molecule has 0 bridgehead atoms. The summed E-state index contributed by atoms with van der Waals surface area (Å²) in [5.74, 6) is 0.146. The smallest absolute Gasteiger partial charge is 0.224 e. The topological polar surface area (TPSA) is 61.8 Å². The number of aliphatic hydroxyl groups is 1. The summed E-state index contributed by atoms with van der Waals surface area (Å²) in [6, 6.07) is 0.286. The van der Waals surface area contributed by atoms with Gasteiger partial charge in [-0.05, 0) is 13.3 Å². The predicted molar refractivity (Wildman–Crippen MR) is 61.2 cm³/mol. The van der Waals surface area contributed by atoms with Gasteiger partial charge in [0, 0.05) is 39.3 Å². The molecule has 0 spiro atoms. The third-order valence-electron chi connectivity index (χ3n) is 2.88. The van der Waals surface area contributed by atoms with Gasteiger partial charge in [-0.25, -0.2) is 0 Å². The Balaban J connectivity index is 2.65. The van der Waals surface area contributed by atoms with Crippen LogP contribution in [0.3, 0.4) is 0 Å². The second kappa shape index (κ2) is 6.83. The Morgan fingerprint density at radius 1 is 1.69 bits per heavy atom. The number of ether oxygens (including phenoxy) is 1. The number of carbonyl (C=O) groups excluding carboxylic acids is 1. The Morgan fingerprint density at radius 2 is 2.44 bits per heavy atom. The maximum absolute atomic E-state index is 11.9. The molecule has 0 aliphatic carbocycles. The average molecular weight is 230 g/mol. The van der Waals surface area contributed by atoms with Gasteiger partial charge in [-0.2, -0.15) is 0 Å². The zero-order valence-corrected chi connectivity index (χ0v) is 10.1. The van der Waals surface area contributed by atoms with Gasteiger partial charge in [0.1, 0.15) is 0 Å². The van der Waals surface area contributed by atoms with E-state index >= 15 is 0 Å². The molecule has 1 rings (SSSR count). The summed E-state index contributed by atoms with van der Waals surface area (Å²) < 4.78 is 5.11. The van der Waals surface area contributed by atoms with Crippen molar-refractivity contribution in [3.63, 3.8) is 0 Å². The largest absolute Gasteiger partial charge is 0.396 e. The van der Waals surface area contributed by atoms with Crippen LogP contribution in [0.25, 0.3) is 0 Å². The van der Waals surface area contributed by atoms with Crippen LogP contribution in [0, 0.1) is 0 Å². The lowest BCUT2D eigenvalue weighted by Gasteiger charge is -2.31. The summed E-state index contributed by atoms with van der Waals surface area (Å²) in [6.07, 6.45) is 1.10. The van der Waals surface area contributed by atoms with Crippen LogP contribution in [0.15, 0.2) is 0 Å². The number of nitrogens with zero attached hydrogens (tertiary/aromatic N) is 1. The molecule has 0 aromatic heterocycles. The number of aliphatic hydroxyl groups excluding tert-OH is 1. The molecule has 5 nitrogen and oxygen atoms in total. The zero-order chi connectivity index (χ0) is 12.0. The SMILES string of the molecule is COC[C@@H](CCO)N1C[C@H](C)NCCC1=O. The van der Waals surface area contributed by atoms with Crippen LogP contribution in [0.2, 0.25) is 0 Å². The van der Waals surface area contributed by atoms with Gasteiger partial charge in [0.25, 0.3) is 0 Å². The summed E-state index contributed by atoms with van der Waals surface area (Å²) in [5, 5.41) is 12.3. The van der Waals surface area contributed by atoms with Gasteiger partial charge < -0.3 is 20.1 Å². The van der Waals surface area contributed by atoms with Crippen LogP contribution in [-0.2, 0) is 9.53 Å². The van der Waals surface area contributed by atoms with Crippen molar-refractivity contribution in [3.05, 3.63) is 0 Å². The van der Waals surface area contributed by atoms with Gasteiger partial charge in [-0.15, -0.1) is 0 Å². The Morgan fingerprint density at radius 3 is 3.06 bits per heavy atom. The molecule has 5 heteroatoms. The molecule has 1 heterocycles. The normalized spacial score (nSPS) is 24.3. The lowest BCUT2D eigenvalue weighted by Crippen LogP contribution is -2.46. The molecular formula is C11H22N2O3. The fourth-order valence-corrected chi connectivity index (χ4v) is 2.05. The second-order valence-corrected chi connectivity index (χ2v) is 4.27. The average Bonchev–Trinajstić information content (AvgIpc) is 2.40. The summed E-state index contributed by atoms with van der Waals surface area (Å²) >= 11 is 0. The maximum atomic E-state index is 11.9. The van der Waals surface area contributed by atoms with Crippen LogP contribution in [0.1, 0.15) is 19.8 Å². The van der Waals surface area contributed by atoms with Crippen LogP contribution in [0.4, 0.5) is 0 Å². The Labute approximate surface area is 96.8 Å². The van der Waals surface area contributed by atoms with Crippen molar-refractivity contribution in [1.82, 2.24) is 10.2 Å². The first-order chi connectivity index (χ1) is 7.69. The molecule has 0 aromatic carbocycles. The van der Waals surface area contributed by atoms with E-state index in [2.05, 4.69) is 12.2 Å². The minimum Gasteiger partial charge on any atom is -0.396 e. The van der Waals surface area contributed by atoms with E-state index in [1.807, 2.05) is 4.90 Å². The number of rotatable bonds is 5. The molecule has 1 aliphatic heterocycles. The quantitative estimate of drug-likeness (QED) is 0.674. The first-order valence-corrected chi connectivity index (χ1v) is 5.81. The van der Waals surface area contributed by atoms with Crippen molar-refractivity contribution in [2.75, 3.05) is 33.4 Å². The van der Waals surface area contributed by atoms with E-state index in [1.54, 1.807) is 7.11 Å². The molecule has 2 atom stereocenters. The first kappa shape index (κ1) is 13.4. The van der Waals surface area contributed by atoms with Gasteiger partial charge >= 0.3 is 0 Å². The highest BCUT2D eigenvalue weighted by atomic mass is 16.5. The summed E-state index contributed by atoms with van der Waals surface area (Å²) in [6.45, 7) is 4.05. The van der Waals surface area contributed by atoms with E-state index in [1.165, 1.54) is 0 Å². The summed E-state index contributed by atoms with van der Waals surface area (Å²) in [4.78, 5) is 13.7. The van der Waals surface area contributed by atoms with Crippen LogP contribution >= 0.6 is 0 Å². The summed E-state index contributed by atoms with van der Waals surface area (Å²) in [7, 11) is 1.62. The Kier molecular flexibility index (Phi) is 5.73. The molecule has 2 N–H and O–H groups in total. The van der Waals surface area contributed by atoms with Gasteiger partial charge in [0.15, 0.2) is 0 Å². The molecule has 1 saturated heterocycles. The Bertz CT molecular complexity index is 217. The number of amides is 1. The van der Waals surface area contributed by atoms with Crippen LogP contribution in [-0.4, -0.2) is 61.4 Å². The Hall–Kier alpha value is -0.650. The van der Waals surface area contributed by atoms with E-state index in [4.69, 9.17) is 9.84 Å². The minimum atomic E-state index is -0.00940. The molecule has 0 radical (unpaired) electrons. The first-order valence-electron chi connectivity index (χ1n) is 5.81. The minimum absolute atomic E-state index is 0.00940. The van der Waals surface area contributed by atoms with Crippen LogP contribution in [0.5, 0.6) is 0 Å². The molecular weight excluding hydrogens is 208 g/mol. The second-order valence-electron chi connectivity index (χ2n) is 4.27. The molecule has 1 fully saturated rings. The third kappa shape index (κ3) is 3.73. The number of nitrogens with one attached hydrogen (secondary N) is 1. The maximum Gasteiger partial charge on any atom is 0.224 e. The predicted octanol–water partition coefficient (Wildman–Crippen LogP) is -0.406. The van der Waals surface area contributed by atoms with Gasteiger partial charge in [0.2, 0.25) is 5.91 Å². The monoisotopic (exact) mass is 230 g/mol. The molecule has 94 valence electrons. The van der Waals surface area contributed by atoms with Crippen molar-refractivity contribution in [2.45, 2.75) is 31.8 Å². The highest BCUT2D eigenvalue weighted by Gasteiger charge is 2.26. The molecule has 16 heavy (non-hydrogen) atoms. The van der Waals surface area contributed by atoms with Crippen molar-refractivity contribution >= 4 is 5.91 Å². The molecule has 1 amide bonds. The number of hydrogen-bond donors (Lipinski definition) is 2. The number of hydrogen-bond acceptors (Lipinski definition) is 4. The van der Waals surface area contributed by atoms with Gasteiger partial charge in [-0.1, -0.05) is 0 Å². The van der Waals surface area contributed by atoms with Crippen molar-refractivity contribution < 1.29 is 14.6 Å². The molecule has 0 unspecified atom stereocenters. The van der Waals surface area contributed by atoms with Crippen molar-refractivity contribution in [2.24, 2.45) is 0 Å². The highest BCUT2D eigenvalue weighted by Crippen LogP contribution is 2.10. The molecule has 0 saturated carbocycles. The van der Waals surface area contributed by atoms with E-state index < -0.39 is 0 Å². The van der Waals surface area contributed by atoms with Gasteiger partial charge in [0.05, 0.1) is 12.6 Å².